The number of aryl methyl sites for hydroxylation is 1. The predicted molar refractivity (Wildman–Crippen MR) is 117 cm³/mol. The van der Waals surface area contributed by atoms with E-state index in [9.17, 15) is 4.39 Å². The molecule has 2 heterocycles. The number of aromatic amines is 1. The fourth-order valence-corrected chi connectivity index (χ4v) is 4.06. The molecule has 29 heavy (non-hydrogen) atoms. The maximum atomic E-state index is 14.9. The first-order chi connectivity index (χ1) is 14.1. The van der Waals surface area contributed by atoms with Gasteiger partial charge < -0.3 is 9.88 Å². The minimum atomic E-state index is -0.492. The van der Waals surface area contributed by atoms with Crippen molar-refractivity contribution < 1.29 is 4.39 Å². The lowest BCUT2D eigenvalue weighted by Gasteiger charge is -2.08. The molecule has 0 aliphatic carbocycles. The van der Waals surface area contributed by atoms with Crippen LogP contribution in [0.3, 0.4) is 0 Å². The van der Waals surface area contributed by atoms with E-state index in [-0.39, 0.29) is 5.02 Å². The maximum absolute atomic E-state index is 14.9. The van der Waals surface area contributed by atoms with E-state index in [0.29, 0.717) is 28.8 Å². The van der Waals surface area contributed by atoms with E-state index in [1.807, 2.05) is 55.6 Å². The smallest absolute Gasteiger partial charge is 0.168 e. The molecule has 5 rings (SSSR count). The minimum absolute atomic E-state index is 0.0907. The lowest BCUT2D eigenvalue weighted by molar-refractivity contribution is 0.637. The number of fused-ring (bicyclic) bond motifs is 2. The second-order valence-corrected chi connectivity index (χ2v) is 7.43. The summed E-state index contributed by atoms with van der Waals surface area (Å²) in [5.41, 5.74) is 4.12. The summed E-state index contributed by atoms with van der Waals surface area (Å²) < 4.78 is 17.0. The predicted octanol–water partition coefficient (Wildman–Crippen LogP) is 6.13. The van der Waals surface area contributed by atoms with Gasteiger partial charge in [0.1, 0.15) is 5.52 Å². The van der Waals surface area contributed by atoms with Crippen molar-refractivity contribution in [3.8, 4) is 11.1 Å². The molecular weight excluding hydrogens is 387 g/mol. The van der Waals surface area contributed by atoms with Crippen LogP contribution in [0.5, 0.6) is 0 Å². The van der Waals surface area contributed by atoms with Gasteiger partial charge >= 0.3 is 0 Å². The molecule has 0 bridgehead atoms. The third kappa shape index (κ3) is 2.95. The van der Waals surface area contributed by atoms with E-state index in [2.05, 4.69) is 38.4 Å². The number of nitrogens with zero attached hydrogens (tertiary/aromatic N) is 2. The second kappa shape index (κ2) is 6.94. The quantitative estimate of drug-likeness (QED) is 0.378. The number of hydrogen-bond acceptors (Lipinski definition) is 2. The van der Waals surface area contributed by atoms with Gasteiger partial charge in [0.05, 0.1) is 5.02 Å². The van der Waals surface area contributed by atoms with Crippen LogP contribution in [0.2, 0.25) is 5.02 Å². The summed E-state index contributed by atoms with van der Waals surface area (Å²) in [6, 6.07) is 19.7. The summed E-state index contributed by atoms with van der Waals surface area (Å²) in [5, 5.41) is 12.4. The van der Waals surface area contributed by atoms with Crippen LogP contribution < -0.4 is 5.32 Å². The zero-order valence-electron chi connectivity index (χ0n) is 15.7. The molecule has 5 aromatic rings. The molecule has 0 saturated heterocycles. The third-order valence-electron chi connectivity index (χ3n) is 5.25. The van der Waals surface area contributed by atoms with Crippen LogP contribution in [-0.2, 0) is 13.6 Å². The highest BCUT2D eigenvalue weighted by molar-refractivity contribution is 6.34. The maximum Gasteiger partial charge on any atom is 0.168 e. The van der Waals surface area contributed by atoms with Crippen molar-refractivity contribution in [2.75, 3.05) is 5.32 Å². The van der Waals surface area contributed by atoms with Gasteiger partial charge in [-0.15, -0.1) is 0 Å². The summed E-state index contributed by atoms with van der Waals surface area (Å²) in [6.07, 6.45) is 2.10. The van der Waals surface area contributed by atoms with Crippen LogP contribution in [0.1, 0.15) is 5.56 Å². The highest BCUT2D eigenvalue weighted by Crippen LogP contribution is 2.37. The molecule has 6 heteroatoms. The Balaban J connectivity index is 1.55. The van der Waals surface area contributed by atoms with Crippen LogP contribution in [0.25, 0.3) is 32.9 Å². The molecule has 0 radical (unpaired) electrons. The summed E-state index contributed by atoms with van der Waals surface area (Å²) >= 11 is 6.31. The van der Waals surface area contributed by atoms with Gasteiger partial charge in [-0.25, -0.2) is 4.39 Å². The molecule has 0 aliphatic heterocycles. The largest absolute Gasteiger partial charge is 0.364 e. The van der Waals surface area contributed by atoms with E-state index in [1.165, 1.54) is 10.9 Å². The number of anilines is 1. The highest BCUT2D eigenvalue weighted by atomic mass is 35.5. The second-order valence-electron chi connectivity index (χ2n) is 7.05. The fraction of sp³-hybridized carbons (Fsp3) is 0.0870. The first-order valence-corrected chi connectivity index (χ1v) is 9.69. The van der Waals surface area contributed by atoms with Crippen LogP contribution >= 0.6 is 11.6 Å². The monoisotopic (exact) mass is 404 g/mol. The van der Waals surface area contributed by atoms with E-state index in [4.69, 9.17) is 11.6 Å². The Hall–Kier alpha value is -3.31. The standard InChI is InChI=1S/C23H18ClFN4/c1-29-13-15(16-9-5-6-10-19(16)29)12-26-23-18-11-17(14-7-3-2-4-8-14)20(24)21(25)22(18)27-28-23/h2-11,13H,12H2,1H3,(H2,26,27,28). The number of nitrogens with one attached hydrogen (secondary N) is 2. The molecule has 4 nitrogen and oxygen atoms in total. The van der Waals surface area contributed by atoms with Crippen molar-refractivity contribution in [2.24, 2.45) is 7.05 Å². The molecule has 2 aromatic heterocycles. The van der Waals surface area contributed by atoms with E-state index < -0.39 is 5.82 Å². The Morgan fingerprint density at radius 3 is 2.66 bits per heavy atom. The molecule has 144 valence electrons. The Kier molecular flexibility index (Phi) is 4.25. The Morgan fingerprint density at radius 2 is 1.83 bits per heavy atom. The van der Waals surface area contributed by atoms with Crippen LogP contribution in [-0.4, -0.2) is 14.8 Å². The fourth-order valence-electron chi connectivity index (χ4n) is 3.80. The molecule has 0 atom stereocenters. The van der Waals surface area contributed by atoms with Gasteiger partial charge in [-0.1, -0.05) is 60.1 Å². The lowest BCUT2D eigenvalue weighted by Crippen LogP contribution is -1.99. The number of benzene rings is 3. The van der Waals surface area contributed by atoms with Gasteiger partial charge in [-0.2, -0.15) is 5.10 Å². The lowest BCUT2D eigenvalue weighted by atomic mass is 10.0. The number of rotatable bonds is 4. The Bertz CT molecular complexity index is 1340. The minimum Gasteiger partial charge on any atom is -0.364 e. The zero-order chi connectivity index (χ0) is 20.0. The van der Waals surface area contributed by atoms with Crippen LogP contribution in [0.4, 0.5) is 10.2 Å². The highest BCUT2D eigenvalue weighted by Gasteiger charge is 2.18. The Morgan fingerprint density at radius 1 is 1.07 bits per heavy atom. The molecule has 0 spiro atoms. The molecule has 0 saturated carbocycles. The first kappa shape index (κ1) is 17.8. The van der Waals surface area contributed by atoms with Crippen molar-refractivity contribution in [3.63, 3.8) is 0 Å². The molecule has 0 unspecified atom stereocenters. The zero-order valence-corrected chi connectivity index (χ0v) is 16.5. The Labute approximate surface area is 171 Å². The summed E-state index contributed by atoms with van der Waals surface area (Å²) in [4.78, 5) is 0. The van der Waals surface area contributed by atoms with Gasteiger partial charge in [-0.05, 0) is 23.3 Å². The van der Waals surface area contributed by atoms with E-state index >= 15 is 0 Å². The van der Waals surface area contributed by atoms with Crippen molar-refractivity contribution in [3.05, 3.63) is 83.3 Å². The molecule has 0 fully saturated rings. The number of halogens is 2. The molecule has 0 amide bonds. The summed E-state index contributed by atoms with van der Waals surface area (Å²) in [5.74, 6) is 0.106. The molecule has 0 aliphatic rings. The molecular formula is C23H18ClFN4. The normalized spacial score (nSPS) is 11.4. The van der Waals surface area contributed by atoms with E-state index in [0.717, 1.165) is 11.1 Å². The van der Waals surface area contributed by atoms with Gasteiger partial charge in [0.2, 0.25) is 0 Å². The number of aromatic nitrogens is 3. The summed E-state index contributed by atoms with van der Waals surface area (Å²) in [7, 11) is 2.03. The van der Waals surface area contributed by atoms with Crippen molar-refractivity contribution in [2.45, 2.75) is 6.54 Å². The average molecular weight is 405 g/mol. The van der Waals surface area contributed by atoms with Gasteiger partial charge in [0.15, 0.2) is 11.6 Å². The van der Waals surface area contributed by atoms with Crippen LogP contribution in [0.15, 0.2) is 66.9 Å². The first-order valence-electron chi connectivity index (χ1n) is 9.32. The van der Waals surface area contributed by atoms with E-state index in [1.54, 1.807) is 0 Å². The van der Waals surface area contributed by atoms with Crippen LogP contribution in [0, 0.1) is 5.82 Å². The van der Waals surface area contributed by atoms with Crippen molar-refractivity contribution >= 4 is 39.2 Å². The number of H-pyrrole nitrogens is 1. The SMILES string of the molecule is Cn1cc(CNc2n[nH]c3c(F)c(Cl)c(-c4ccccc4)cc23)c2ccccc21. The summed E-state index contributed by atoms with van der Waals surface area (Å²) in [6.45, 7) is 0.576. The molecule has 3 aromatic carbocycles. The van der Waals surface area contributed by atoms with Crippen molar-refractivity contribution in [1.29, 1.82) is 0 Å². The van der Waals surface area contributed by atoms with Gasteiger partial charge in [0, 0.05) is 41.6 Å². The van der Waals surface area contributed by atoms with Gasteiger partial charge in [-0.3, -0.25) is 5.10 Å². The number of para-hydroxylation sites is 1. The third-order valence-corrected chi connectivity index (χ3v) is 5.62. The van der Waals surface area contributed by atoms with Crippen molar-refractivity contribution in [1.82, 2.24) is 14.8 Å². The number of hydrogen-bond donors (Lipinski definition) is 2. The average Bonchev–Trinajstić information content (AvgIpc) is 3.31. The van der Waals surface area contributed by atoms with Gasteiger partial charge in [0.25, 0.3) is 0 Å². The molecule has 2 N–H and O–H groups in total. The topological polar surface area (TPSA) is 45.6 Å².